The first-order chi connectivity index (χ1) is 14.4. The van der Waals surface area contributed by atoms with Gasteiger partial charge in [0.15, 0.2) is 0 Å². The first-order valence-electron chi connectivity index (χ1n) is 10.0. The minimum Gasteiger partial charge on any atom is -0.355 e. The summed E-state index contributed by atoms with van der Waals surface area (Å²) in [6.07, 6.45) is 1.40. The number of nitrogens with zero attached hydrogens (tertiary/aromatic N) is 1. The van der Waals surface area contributed by atoms with Crippen LogP contribution in [0.1, 0.15) is 24.0 Å². The van der Waals surface area contributed by atoms with Crippen LogP contribution in [0.2, 0.25) is 5.02 Å². The van der Waals surface area contributed by atoms with E-state index in [4.69, 9.17) is 11.6 Å². The van der Waals surface area contributed by atoms with Crippen molar-refractivity contribution in [2.24, 2.45) is 5.92 Å². The molecule has 3 rings (SSSR count). The lowest BCUT2D eigenvalue weighted by Gasteiger charge is -2.31. The molecule has 1 heterocycles. The van der Waals surface area contributed by atoms with Gasteiger partial charge in [0.25, 0.3) is 0 Å². The Morgan fingerprint density at radius 2 is 1.87 bits per heavy atom. The maximum absolute atomic E-state index is 12.9. The predicted molar refractivity (Wildman–Crippen MR) is 123 cm³/mol. The van der Waals surface area contributed by atoms with Crippen LogP contribution in [0.25, 0.3) is 0 Å². The molecule has 30 heavy (non-hydrogen) atoms. The fraction of sp³-hybridized carbons (Fsp3) is 0.409. The van der Waals surface area contributed by atoms with Gasteiger partial charge in [0.05, 0.1) is 10.8 Å². The Balaban J connectivity index is 1.45. The Morgan fingerprint density at radius 1 is 1.17 bits per heavy atom. The van der Waals surface area contributed by atoms with Crippen LogP contribution in [0.3, 0.4) is 0 Å². The van der Waals surface area contributed by atoms with Gasteiger partial charge in [0.1, 0.15) is 0 Å². The van der Waals surface area contributed by atoms with Crippen molar-refractivity contribution in [2.45, 2.75) is 30.4 Å². The highest BCUT2D eigenvalue weighted by Gasteiger charge is 2.33. The second-order valence-corrected chi connectivity index (χ2v) is 11.0. The van der Waals surface area contributed by atoms with Crippen molar-refractivity contribution in [2.75, 3.05) is 25.4 Å². The number of rotatable bonds is 8. The number of thioether (sulfide) groups is 1. The molecule has 5 nitrogen and oxygen atoms in total. The van der Waals surface area contributed by atoms with E-state index in [2.05, 4.69) is 5.32 Å². The number of aryl methyl sites for hydroxylation is 1. The van der Waals surface area contributed by atoms with E-state index in [9.17, 15) is 13.2 Å². The van der Waals surface area contributed by atoms with E-state index in [0.29, 0.717) is 25.9 Å². The highest BCUT2D eigenvalue weighted by molar-refractivity contribution is 7.98. The third-order valence-corrected chi connectivity index (χ3v) is 8.30. The van der Waals surface area contributed by atoms with Crippen LogP contribution in [0.4, 0.5) is 0 Å². The number of piperidine rings is 1. The zero-order valence-electron chi connectivity index (χ0n) is 17.0. The maximum atomic E-state index is 12.9. The summed E-state index contributed by atoms with van der Waals surface area (Å²) in [7, 11) is -3.57. The Hall–Kier alpha value is -1.54. The number of benzene rings is 2. The van der Waals surface area contributed by atoms with Gasteiger partial charge in [-0.1, -0.05) is 41.4 Å². The van der Waals surface area contributed by atoms with E-state index in [1.807, 2.05) is 31.2 Å². The lowest BCUT2D eigenvalue weighted by molar-refractivity contribution is -0.125. The monoisotopic (exact) mass is 466 g/mol. The molecule has 1 aliphatic heterocycles. The van der Waals surface area contributed by atoms with Crippen LogP contribution in [0.5, 0.6) is 0 Å². The Labute approximate surface area is 188 Å². The van der Waals surface area contributed by atoms with Crippen molar-refractivity contribution in [3.63, 3.8) is 0 Å². The van der Waals surface area contributed by atoms with Gasteiger partial charge in [-0.05, 0) is 49.6 Å². The fourth-order valence-corrected chi connectivity index (χ4v) is 5.86. The zero-order valence-corrected chi connectivity index (χ0v) is 19.4. The smallest absolute Gasteiger partial charge is 0.243 e. The van der Waals surface area contributed by atoms with Gasteiger partial charge < -0.3 is 5.32 Å². The highest BCUT2D eigenvalue weighted by Crippen LogP contribution is 2.24. The molecule has 0 bridgehead atoms. The molecule has 0 saturated carbocycles. The summed E-state index contributed by atoms with van der Waals surface area (Å²) in [5, 5.41) is 3.69. The summed E-state index contributed by atoms with van der Waals surface area (Å²) in [4.78, 5) is 12.9. The minimum absolute atomic E-state index is 0.0640. The molecule has 1 atom stereocenters. The average Bonchev–Trinajstić information content (AvgIpc) is 2.75. The number of hydrogen-bond acceptors (Lipinski definition) is 4. The number of carbonyl (C=O) groups excluding carboxylic acids is 1. The van der Waals surface area contributed by atoms with Crippen LogP contribution in [0.15, 0.2) is 53.4 Å². The number of amides is 1. The predicted octanol–water partition coefficient (Wildman–Crippen LogP) is 4.10. The van der Waals surface area contributed by atoms with Crippen LogP contribution < -0.4 is 5.32 Å². The molecule has 1 fully saturated rings. The Kier molecular flexibility index (Phi) is 8.22. The lowest BCUT2D eigenvalue weighted by atomic mass is 9.99. The van der Waals surface area contributed by atoms with Gasteiger partial charge in [-0.25, -0.2) is 8.42 Å². The fourth-order valence-electron chi connectivity index (χ4n) is 3.40. The molecule has 1 aliphatic rings. The van der Waals surface area contributed by atoms with E-state index in [1.54, 1.807) is 36.0 Å². The average molecular weight is 467 g/mol. The summed E-state index contributed by atoms with van der Waals surface area (Å²) < 4.78 is 27.3. The number of carbonyl (C=O) groups is 1. The molecule has 2 aromatic rings. The standard InChI is InChI=1S/C22H27ClN2O3S2/c1-17-4-10-21(11-5-17)30(27,28)25-13-2-3-19(15-25)22(26)24-12-14-29-16-18-6-8-20(23)9-7-18/h4-11,19H,2-3,12-16H2,1H3,(H,24,26). The second-order valence-electron chi connectivity index (χ2n) is 7.49. The summed E-state index contributed by atoms with van der Waals surface area (Å²) in [5.74, 6) is 1.29. The molecule has 1 saturated heterocycles. The highest BCUT2D eigenvalue weighted by atomic mass is 35.5. The van der Waals surface area contributed by atoms with E-state index in [1.165, 1.54) is 9.87 Å². The van der Waals surface area contributed by atoms with Crippen molar-refractivity contribution in [3.05, 3.63) is 64.7 Å². The van der Waals surface area contributed by atoms with Crippen LogP contribution in [0, 0.1) is 12.8 Å². The van der Waals surface area contributed by atoms with E-state index in [-0.39, 0.29) is 23.3 Å². The van der Waals surface area contributed by atoms with Gasteiger partial charge in [-0.2, -0.15) is 16.1 Å². The van der Waals surface area contributed by atoms with Crippen LogP contribution in [-0.2, 0) is 20.6 Å². The Morgan fingerprint density at radius 3 is 2.57 bits per heavy atom. The molecule has 0 aliphatic carbocycles. The van der Waals surface area contributed by atoms with Gasteiger partial charge in [0.2, 0.25) is 15.9 Å². The maximum Gasteiger partial charge on any atom is 0.243 e. The quantitative estimate of drug-likeness (QED) is 0.595. The van der Waals surface area contributed by atoms with Gasteiger partial charge in [-0.3, -0.25) is 4.79 Å². The van der Waals surface area contributed by atoms with Gasteiger partial charge in [-0.15, -0.1) is 0 Å². The van der Waals surface area contributed by atoms with E-state index < -0.39 is 10.0 Å². The van der Waals surface area contributed by atoms with Crippen LogP contribution in [-0.4, -0.2) is 44.0 Å². The molecule has 0 radical (unpaired) electrons. The lowest BCUT2D eigenvalue weighted by Crippen LogP contribution is -2.45. The number of sulfonamides is 1. The second kappa shape index (κ2) is 10.7. The van der Waals surface area contributed by atoms with E-state index in [0.717, 1.165) is 22.1 Å². The summed E-state index contributed by atoms with van der Waals surface area (Å²) in [6.45, 7) is 3.18. The molecular weight excluding hydrogens is 440 g/mol. The van der Waals surface area contributed by atoms with Crippen LogP contribution >= 0.6 is 23.4 Å². The third kappa shape index (κ3) is 6.23. The molecule has 162 valence electrons. The first-order valence-corrected chi connectivity index (χ1v) is 13.0. The van der Waals surface area contributed by atoms with Gasteiger partial charge in [0, 0.05) is 36.2 Å². The Bertz CT molecular complexity index is 947. The summed E-state index contributed by atoms with van der Waals surface area (Å²) >= 11 is 7.63. The molecule has 1 amide bonds. The molecule has 1 N–H and O–H groups in total. The molecule has 0 spiro atoms. The first kappa shape index (κ1) is 23.1. The number of nitrogens with one attached hydrogen (secondary N) is 1. The third-order valence-electron chi connectivity index (χ3n) is 5.14. The molecule has 1 unspecified atom stereocenters. The SMILES string of the molecule is Cc1ccc(S(=O)(=O)N2CCCC(C(=O)NCCSCc3ccc(Cl)cc3)C2)cc1. The largest absolute Gasteiger partial charge is 0.355 e. The zero-order chi connectivity index (χ0) is 21.6. The molecule has 0 aromatic heterocycles. The number of halogens is 1. The minimum atomic E-state index is -3.57. The van der Waals surface area contributed by atoms with E-state index >= 15 is 0 Å². The molecular formula is C22H27ClN2O3S2. The molecule has 8 heteroatoms. The van der Waals surface area contributed by atoms with Crippen molar-refractivity contribution in [1.29, 1.82) is 0 Å². The number of hydrogen-bond donors (Lipinski definition) is 1. The van der Waals surface area contributed by atoms with Gasteiger partial charge >= 0.3 is 0 Å². The molecule has 2 aromatic carbocycles. The van der Waals surface area contributed by atoms with Crippen molar-refractivity contribution >= 4 is 39.3 Å². The summed E-state index contributed by atoms with van der Waals surface area (Å²) in [6, 6.07) is 14.6. The van der Waals surface area contributed by atoms with Crippen molar-refractivity contribution in [1.82, 2.24) is 9.62 Å². The van der Waals surface area contributed by atoms with Crippen molar-refractivity contribution < 1.29 is 13.2 Å². The van der Waals surface area contributed by atoms with Crippen molar-refractivity contribution in [3.8, 4) is 0 Å². The normalized spacial score (nSPS) is 17.6. The summed E-state index contributed by atoms with van der Waals surface area (Å²) in [5.41, 5.74) is 2.21. The topological polar surface area (TPSA) is 66.5 Å².